The summed E-state index contributed by atoms with van der Waals surface area (Å²) in [5.74, 6) is 0.826. The fourth-order valence-corrected chi connectivity index (χ4v) is 4.25. The molecule has 27 heavy (non-hydrogen) atoms. The Kier molecular flexibility index (Phi) is 4.18. The number of anilines is 1. The maximum Gasteiger partial charge on any atom is 0.227 e. The Morgan fingerprint density at radius 1 is 1.41 bits per heavy atom. The Labute approximate surface area is 161 Å². The van der Waals surface area contributed by atoms with Gasteiger partial charge in [0.2, 0.25) is 11.1 Å². The number of nitrogens with one attached hydrogen (secondary N) is 1. The molecule has 0 fully saturated rings. The van der Waals surface area contributed by atoms with Crippen LogP contribution in [0.25, 0.3) is 0 Å². The first-order chi connectivity index (χ1) is 12.8. The Morgan fingerprint density at radius 3 is 2.89 bits per heavy atom. The zero-order valence-electron chi connectivity index (χ0n) is 15.7. The van der Waals surface area contributed by atoms with Crippen LogP contribution in [0.4, 0.5) is 5.95 Å². The van der Waals surface area contributed by atoms with Gasteiger partial charge in [-0.2, -0.15) is 4.98 Å². The number of methoxy groups -OCH3 is 1. The summed E-state index contributed by atoms with van der Waals surface area (Å²) in [7, 11) is 1.51. The molecule has 2 N–H and O–H groups in total. The average Bonchev–Trinajstić information content (AvgIpc) is 3.02. The largest absolute Gasteiger partial charge is 0.504 e. The first-order valence-electron chi connectivity index (χ1n) is 8.73. The SMILES string of the molecule is COc1cc([C@H]2[C@@H]3C(=O)CC(C)(C)C=C3Nc3nc(SC)nn32)ccc1O. The Hall–Kier alpha value is -2.48. The van der Waals surface area contributed by atoms with Crippen LogP contribution in [0.5, 0.6) is 11.5 Å². The Bertz CT molecular complexity index is 950. The van der Waals surface area contributed by atoms with E-state index in [1.165, 1.54) is 18.9 Å². The first-order valence-corrected chi connectivity index (χ1v) is 9.95. The van der Waals surface area contributed by atoms with Gasteiger partial charge in [-0.25, -0.2) is 4.68 Å². The summed E-state index contributed by atoms with van der Waals surface area (Å²) in [6, 6.07) is 4.81. The van der Waals surface area contributed by atoms with Crippen molar-refractivity contribution < 1.29 is 14.6 Å². The molecular weight excluding hydrogens is 364 g/mol. The number of carbonyl (C=O) groups is 1. The molecule has 2 aromatic rings. The molecule has 0 saturated carbocycles. The number of thioether (sulfide) groups is 1. The van der Waals surface area contributed by atoms with Gasteiger partial charge in [-0.1, -0.05) is 37.8 Å². The van der Waals surface area contributed by atoms with Crippen molar-refractivity contribution in [3.8, 4) is 11.5 Å². The molecule has 1 aromatic carbocycles. The van der Waals surface area contributed by atoms with Crippen LogP contribution in [-0.4, -0.2) is 39.0 Å². The highest BCUT2D eigenvalue weighted by Crippen LogP contribution is 2.46. The van der Waals surface area contributed by atoms with Crippen molar-refractivity contribution in [3.05, 3.63) is 35.5 Å². The number of ether oxygens (including phenoxy) is 1. The second-order valence-electron chi connectivity index (χ2n) is 7.58. The molecule has 0 radical (unpaired) electrons. The Balaban J connectivity index is 1.92. The van der Waals surface area contributed by atoms with Gasteiger partial charge in [0, 0.05) is 12.1 Å². The van der Waals surface area contributed by atoms with Gasteiger partial charge in [-0.3, -0.25) is 4.79 Å². The maximum atomic E-state index is 13.1. The molecule has 8 heteroatoms. The topological polar surface area (TPSA) is 89.3 Å². The molecule has 4 rings (SSSR count). The number of hydrogen-bond donors (Lipinski definition) is 2. The third-order valence-electron chi connectivity index (χ3n) is 5.03. The van der Waals surface area contributed by atoms with E-state index in [1.54, 1.807) is 16.8 Å². The van der Waals surface area contributed by atoms with E-state index in [0.717, 1.165) is 11.3 Å². The number of phenolic OH excluding ortho intramolecular Hbond substituents is 1. The molecule has 0 saturated heterocycles. The molecule has 1 aliphatic carbocycles. The van der Waals surface area contributed by atoms with Crippen LogP contribution in [0.3, 0.4) is 0 Å². The molecule has 0 spiro atoms. The third-order valence-corrected chi connectivity index (χ3v) is 5.57. The van der Waals surface area contributed by atoms with E-state index in [4.69, 9.17) is 4.74 Å². The molecule has 1 aromatic heterocycles. The smallest absolute Gasteiger partial charge is 0.227 e. The highest BCUT2D eigenvalue weighted by molar-refractivity contribution is 7.98. The van der Waals surface area contributed by atoms with Crippen LogP contribution < -0.4 is 10.1 Å². The van der Waals surface area contributed by atoms with Crippen LogP contribution in [-0.2, 0) is 4.79 Å². The van der Waals surface area contributed by atoms with Crippen LogP contribution in [0.2, 0.25) is 0 Å². The van der Waals surface area contributed by atoms with Crippen molar-refractivity contribution in [2.75, 3.05) is 18.7 Å². The predicted molar refractivity (Wildman–Crippen MR) is 103 cm³/mol. The van der Waals surface area contributed by atoms with Gasteiger partial charge in [0.25, 0.3) is 0 Å². The molecule has 0 bridgehead atoms. The number of phenols is 1. The van der Waals surface area contributed by atoms with Gasteiger partial charge < -0.3 is 15.2 Å². The average molecular weight is 386 g/mol. The summed E-state index contributed by atoms with van der Waals surface area (Å²) in [6.07, 6.45) is 4.51. The van der Waals surface area contributed by atoms with Crippen molar-refractivity contribution >= 4 is 23.5 Å². The van der Waals surface area contributed by atoms with E-state index >= 15 is 0 Å². The number of carbonyl (C=O) groups excluding carboxylic acids is 1. The second-order valence-corrected chi connectivity index (χ2v) is 8.35. The summed E-state index contributed by atoms with van der Waals surface area (Å²) < 4.78 is 7.05. The number of benzene rings is 1. The molecule has 2 atom stereocenters. The van der Waals surface area contributed by atoms with Crippen molar-refractivity contribution in [1.82, 2.24) is 14.8 Å². The number of Topliss-reactive ketones (excluding diaryl/α,β-unsaturated/α-hetero) is 1. The summed E-state index contributed by atoms with van der Waals surface area (Å²) in [6.45, 7) is 4.11. The summed E-state index contributed by atoms with van der Waals surface area (Å²) >= 11 is 1.45. The minimum absolute atomic E-state index is 0.0608. The second kappa shape index (κ2) is 6.30. The monoisotopic (exact) mass is 386 g/mol. The maximum absolute atomic E-state index is 13.1. The lowest BCUT2D eigenvalue weighted by atomic mass is 9.72. The fraction of sp³-hybridized carbons (Fsp3) is 0.421. The number of aromatic hydroxyl groups is 1. The van der Waals surface area contributed by atoms with Crippen LogP contribution in [0.15, 0.2) is 35.1 Å². The quantitative estimate of drug-likeness (QED) is 0.783. The van der Waals surface area contributed by atoms with E-state index in [2.05, 4.69) is 35.3 Å². The lowest BCUT2D eigenvalue weighted by molar-refractivity contribution is -0.125. The molecule has 7 nitrogen and oxygen atoms in total. The highest BCUT2D eigenvalue weighted by Gasteiger charge is 2.45. The van der Waals surface area contributed by atoms with Gasteiger partial charge in [0.15, 0.2) is 11.5 Å². The molecule has 0 amide bonds. The van der Waals surface area contributed by atoms with E-state index in [1.807, 2.05) is 12.3 Å². The van der Waals surface area contributed by atoms with Gasteiger partial charge >= 0.3 is 0 Å². The number of fused-ring (bicyclic) bond motifs is 2. The Morgan fingerprint density at radius 2 is 2.19 bits per heavy atom. The number of aromatic nitrogens is 3. The normalized spacial score (nSPS) is 23.1. The minimum atomic E-state index is -0.379. The van der Waals surface area contributed by atoms with Gasteiger partial charge in [-0.05, 0) is 29.4 Å². The minimum Gasteiger partial charge on any atom is -0.504 e. The fourth-order valence-electron chi connectivity index (χ4n) is 3.91. The van der Waals surface area contributed by atoms with E-state index in [9.17, 15) is 9.90 Å². The van der Waals surface area contributed by atoms with Crippen LogP contribution >= 0.6 is 11.8 Å². The van der Waals surface area contributed by atoms with Crippen molar-refractivity contribution in [1.29, 1.82) is 0 Å². The van der Waals surface area contributed by atoms with Gasteiger partial charge in [0.05, 0.1) is 19.1 Å². The van der Waals surface area contributed by atoms with E-state index < -0.39 is 0 Å². The zero-order chi connectivity index (χ0) is 19.3. The van der Waals surface area contributed by atoms with E-state index in [-0.39, 0.29) is 28.9 Å². The van der Waals surface area contributed by atoms with Crippen LogP contribution in [0.1, 0.15) is 31.9 Å². The molecule has 0 unspecified atom stereocenters. The van der Waals surface area contributed by atoms with Gasteiger partial charge in [-0.15, -0.1) is 5.10 Å². The van der Waals surface area contributed by atoms with E-state index in [0.29, 0.717) is 23.3 Å². The predicted octanol–water partition coefficient (Wildman–Crippen LogP) is 3.23. The highest BCUT2D eigenvalue weighted by atomic mass is 32.2. The summed E-state index contributed by atoms with van der Waals surface area (Å²) in [4.78, 5) is 17.6. The molecule has 2 aliphatic rings. The van der Waals surface area contributed by atoms with Crippen molar-refractivity contribution in [2.45, 2.75) is 31.5 Å². The van der Waals surface area contributed by atoms with Crippen LogP contribution in [0, 0.1) is 11.3 Å². The number of rotatable bonds is 3. The lowest BCUT2D eigenvalue weighted by Crippen LogP contribution is -2.42. The molecule has 142 valence electrons. The van der Waals surface area contributed by atoms with Crippen molar-refractivity contribution in [2.24, 2.45) is 11.3 Å². The number of ketones is 1. The number of allylic oxidation sites excluding steroid dienone is 2. The molecule has 1 aliphatic heterocycles. The number of nitrogens with zero attached hydrogens (tertiary/aromatic N) is 3. The first kappa shape index (κ1) is 17.9. The lowest BCUT2D eigenvalue weighted by Gasteiger charge is -2.40. The summed E-state index contributed by atoms with van der Waals surface area (Å²) in [5, 5.41) is 18.5. The summed E-state index contributed by atoms with van der Waals surface area (Å²) in [5.41, 5.74) is 1.49. The molecular formula is C19H22N4O3S. The standard InChI is InChI=1S/C19H22N4O3S/c1-19(2)8-11-15(13(25)9-19)16(10-5-6-12(24)14(7-10)26-3)23-17(20-11)21-18(22-23)27-4/h5-8,15-16,24H,9H2,1-4H3,(H,20,21,22)/t15-,16-/m0/s1. The van der Waals surface area contributed by atoms with Crippen molar-refractivity contribution in [3.63, 3.8) is 0 Å². The zero-order valence-corrected chi connectivity index (χ0v) is 16.5. The molecule has 2 heterocycles. The number of hydrogen-bond acceptors (Lipinski definition) is 7. The van der Waals surface area contributed by atoms with Gasteiger partial charge in [0.1, 0.15) is 5.78 Å². The third kappa shape index (κ3) is 2.97.